The van der Waals surface area contributed by atoms with Crippen molar-refractivity contribution in [2.24, 2.45) is 0 Å². The summed E-state index contributed by atoms with van der Waals surface area (Å²) in [7, 11) is 1.36. The number of methoxy groups -OCH3 is 1. The fourth-order valence-electron chi connectivity index (χ4n) is 2.05. The van der Waals surface area contributed by atoms with Crippen LogP contribution in [0.3, 0.4) is 0 Å². The maximum atomic E-state index is 12.1. The molecule has 1 aliphatic heterocycles. The zero-order chi connectivity index (χ0) is 12.8. The molecule has 1 N–H and O–H groups in total. The monoisotopic (exact) mass is 242 g/mol. The molecule has 5 heteroatoms. The minimum atomic E-state index is -0.267. The third-order valence-electron chi connectivity index (χ3n) is 2.88. The molecule has 0 bridgehead atoms. The lowest BCUT2D eigenvalue weighted by atomic mass is 10.0. The van der Waals surface area contributed by atoms with Crippen molar-refractivity contribution in [3.05, 3.63) is 0 Å². The fourth-order valence-corrected chi connectivity index (χ4v) is 2.05. The van der Waals surface area contributed by atoms with Gasteiger partial charge in [-0.15, -0.1) is 0 Å². The van der Waals surface area contributed by atoms with Gasteiger partial charge in [0, 0.05) is 19.1 Å². The van der Waals surface area contributed by atoms with Crippen molar-refractivity contribution in [2.75, 3.05) is 20.2 Å². The molecule has 0 aromatic rings. The molecule has 1 unspecified atom stereocenters. The SMILES string of the molecule is COC(=O)CCN1CCCC(NC(C)C)C1=O. The van der Waals surface area contributed by atoms with E-state index in [1.54, 1.807) is 4.90 Å². The van der Waals surface area contributed by atoms with Gasteiger partial charge in [-0.05, 0) is 12.8 Å². The highest BCUT2D eigenvalue weighted by Crippen LogP contribution is 2.12. The van der Waals surface area contributed by atoms with E-state index in [1.165, 1.54) is 7.11 Å². The number of esters is 1. The fraction of sp³-hybridized carbons (Fsp3) is 0.833. The van der Waals surface area contributed by atoms with Crippen molar-refractivity contribution in [3.8, 4) is 0 Å². The number of hydrogen-bond donors (Lipinski definition) is 1. The second-order valence-corrected chi connectivity index (χ2v) is 4.67. The Kier molecular flexibility index (Phi) is 5.41. The molecule has 1 atom stereocenters. The predicted molar refractivity (Wildman–Crippen MR) is 64.5 cm³/mol. The summed E-state index contributed by atoms with van der Waals surface area (Å²) in [5.74, 6) is -0.161. The van der Waals surface area contributed by atoms with Gasteiger partial charge in [0.05, 0.1) is 19.6 Å². The maximum absolute atomic E-state index is 12.1. The summed E-state index contributed by atoms with van der Waals surface area (Å²) in [6, 6.07) is 0.200. The first kappa shape index (κ1) is 14.0. The van der Waals surface area contributed by atoms with E-state index in [1.807, 2.05) is 13.8 Å². The molecule has 1 aliphatic rings. The van der Waals surface area contributed by atoms with Crippen LogP contribution in [-0.4, -0.2) is 49.1 Å². The van der Waals surface area contributed by atoms with Gasteiger partial charge in [-0.25, -0.2) is 0 Å². The number of hydrogen-bond acceptors (Lipinski definition) is 4. The van der Waals surface area contributed by atoms with E-state index in [-0.39, 0.29) is 24.3 Å². The van der Waals surface area contributed by atoms with E-state index in [4.69, 9.17) is 0 Å². The molecule has 1 heterocycles. The number of amides is 1. The molecule has 1 rings (SSSR count). The highest BCUT2D eigenvalue weighted by molar-refractivity contribution is 5.83. The smallest absolute Gasteiger partial charge is 0.307 e. The summed E-state index contributed by atoms with van der Waals surface area (Å²) in [5, 5.41) is 3.26. The van der Waals surface area contributed by atoms with Gasteiger partial charge >= 0.3 is 5.97 Å². The zero-order valence-electron chi connectivity index (χ0n) is 10.9. The Bertz CT molecular complexity index is 279. The minimum Gasteiger partial charge on any atom is -0.469 e. The van der Waals surface area contributed by atoms with Crippen LogP contribution in [0.2, 0.25) is 0 Å². The quantitative estimate of drug-likeness (QED) is 0.715. The Labute approximate surface area is 102 Å². The Morgan fingerprint density at radius 3 is 2.88 bits per heavy atom. The van der Waals surface area contributed by atoms with Crippen LogP contribution >= 0.6 is 0 Å². The van der Waals surface area contributed by atoms with Gasteiger partial charge in [-0.1, -0.05) is 13.8 Å². The summed E-state index contributed by atoms with van der Waals surface area (Å²) in [6.45, 7) is 5.26. The van der Waals surface area contributed by atoms with Gasteiger partial charge in [-0.3, -0.25) is 9.59 Å². The highest BCUT2D eigenvalue weighted by Gasteiger charge is 2.28. The number of nitrogens with one attached hydrogen (secondary N) is 1. The van der Waals surface area contributed by atoms with Crippen LogP contribution in [-0.2, 0) is 14.3 Å². The lowest BCUT2D eigenvalue weighted by Gasteiger charge is -2.33. The number of ether oxygens (including phenoxy) is 1. The number of piperidine rings is 1. The average molecular weight is 242 g/mol. The summed E-state index contributed by atoms with van der Waals surface area (Å²) < 4.78 is 4.58. The van der Waals surface area contributed by atoms with Gasteiger partial charge in [0.1, 0.15) is 0 Å². The Morgan fingerprint density at radius 1 is 1.59 bits per heavy atom. The van der Waals surface area contributed by atoms with E-state index >= 15 is 0 Å². The molecular formula is C12H22N2O3. The summed E-state index contributed by atoms with van der Waals surface area (Å²) in [4.78, 5) is 24.9. The van der Waals surface area contributed by atoms with Gasteiger partial charge in [0.25, 0.3) is 0 Å². The molecule has 0 aromatic carbocycles. The number of nitrogens with zero attached hydrogens (tertiary/aromatic N) is 1. The van der Waals surface area contributed by atoms with Gasteiger partial charge in [0.2, 0.25) is 5.91 Å². The second kappa shape index (κ2) is 6.59. The molecule has 0 aliphatic carbocycles. The van der Waals surface area contributed by atoms with E-state index in [0.717, 1.165) is 19.4 Å². The van der Waals surface area contributed by atoms with Crippen LogP contribution < -0.4 is 5.32 Å². The van der Waals surface area contributed by atoms with Gasteiger partial charge in [-0.2, -0.15) is 0 Å². The molecular weight excluding hydrogens is 220 g/mol. The normalized spacial score (nSPS) is 20.8. The van der Waals surface area contributed by atoms with Crippen LogP contribution in [0.15, 0.2) is 0 Å². The van der Waals surface area contributed by atoms with Gasteiger partial charge < -0.3 is 15.0 Å². The second-order valence-electron chi connectivity index (χ2n) is 4.67. The van der Waals surface area contributed by atoms with Crippen molar-refractivity contribution in [3.63, 3.8) is 0 Å². The van der Waals surface area contributed by atoms with Crippen LogP contribution in [0.4, 0.5) is 0 Å². The van der Waals surface area contributed by atoms with Crippen LogP contribution in [0.1, 0.15) is 33.1 Å². The van der Waals surface area contributed by atoms with E-state index in [9.17, 15) is 9.59 Å². The Hall–Kier alpha value is -1.10. The van der Waals surface area contributed by atoms with Crippen molar-refractivity contribution in [1.29, 1.82) is 0 Å². The highest BCUT2D eigenvalue weighted by atomic mass is 16.5. The van der Waals surface area contributed by atoms with Crippen LogP contribution in [0.25, 0.3) is 0 Å². The zero-order valence-corrected chi connectivity index (χ0v) is 10.9. The molecule has 5 nitrogen and oxygen atoms in total. The third-order valence-corrected chi connectivity index (χ3v) is 2.88. The molecule has 0 radical (unpaired) electrons. The number of carbonyl (C=O) groups is 2. The Balaban J connectivity index is 2.44. The molecule has 1 saturated heterocycles. The van der Waals surface area contributed by atoms with Crippen molar-refractivity contribution >= 4 is 11.9 Å². The molecule has 17 heavy (non-hydrogen) atoms. The molecule has 1 amide bonds. The Morgan fingerprint density at radius 2 is 2.29 bits per heavy atom. The largest absolute Gasteiger partial charge is 0.469 e. The minimum absolute atomic E-state index is 0.0959. The van der Waals surface area contributed by atoms with E-state index in [2.05, 4.69) is 10.1 Å². The average Bonchev–Trinajstić information content (AvgIpc) is 2.29. The van der Waals surface area contributed by atoms with Crippen molar-refractivity contribution in [1.82, 2.24) is 10.2 Å². The van der Waals surface area contributed by atoms with Crippen LogP contribution in [0.5, 0.6) is 0 Å². The summed E-state index contributed by atoms with van der Waals surface area (Å²) in [5.41, 5.74) is 0. The van der Waals surface area contributed by atoms with Crippen LogP contribution in [0, 0.1) is 0 Å². The third kappa shape index (κ3) is 4.34. The topological polar surface area (TPSA) is 58.6 Å². The summed E-state index contributed by atoms with van der Waals surface area (Å²) >= 11 is 0. The number of likely N-dealkylation sites (tertiary alicyclic amines) is 1. The molecule has 0 spiro atoms. The first-order valence-corrected chi connectivity index (χ1v) is 6.16. The lowest BCUT2D eigenvalue weighted by Crippen LogP contribution is -2.52. The molecule has 0 saturated carbocycles. The van der Waals surface area contributed by atoms with E-state index < -0.39 is 0 Å². The number of carbonyl (C=O) groups excluding carboxylic acids is 2. The van der Waals surface area contributed by atoms with Crippen molar-refractivity contribution in [2.45, 2.75) is 45.2 Å². The lowest BCUT2D eigenvalue weighted by molar-refractivity contribution is -0.142. The first-order valence-electron chi connectivity index (χ1n) is 6.16. The van der Waals surface area contributed by atoms with Gasteiger partial charge in [0.15, 0.2) is 0 Å². The first-order chi connectivity index (χ1) is 8.04. The number of rotatable bonds is 5. The molecule has 98 valence electrons. The standard InChI is InChI=1S/C12H22N2O3/c1-9(2)13-10-5-4-7-14(12(10)16)8-6-11(15)17-3/h9-10,13H,4-8H2,1-3H3. The summed E-state index contributed by atoms with van der Waals surface area (Å²) in [6.07, 6.45) is 2.14. The maximum Gasteiger partial charge on any atom is 0.307 e. The molecule has 1 fully saturated rings. The van der Waals surface area contributed by atoms with E-state index in [0.29, 0.717) is 12.6 Å². The molecule has 0 aromatic heterocycles. The van der Waals surface area contributed by atoms with Crippen molar-refractivity contribution < 1.29 is 14.3 Å². The predicted octanol–water partition coefficient (Wildman–Crippen LogP) is 0.538.